The van der Waals surface area contributed by atoms with Gasteiger partial charge in [-0.25, -0.2) is 9.79 Å². The molecular weight excluding hydrogens is 378 g/mol. The fourth-order valence-corrected chi connectivity index (χ4v) is 3.39. The monoisotopic (exact) mass is 409 g/mol. The molecule has 0 bridgehead atoms. The van der Waals surface area contributed by atoms with E-state index in [0.717, 1.165) is 42.4 Å². The summed E-state index contributed by atoms with van der Waals surface area (Å²) >= 11 is 0. The molecular formula is C23H31N5O2. The second-order valence-corrected chi connectivity index (χ2v) is 7.46. The molecule has 0 saturated carbocycles. The highest BCUT2D eigenvalue weighted by Crippen LogP contribution is 2.26. The first-order valence-electron chi connectivity index (χ1n) is 10.5. The first-order chi connectivity index (χ1) is 14.5. The van der Waals surface area contributed by atoms with E-state index < -0.39 is 0 Å². The van der Waals surface area contributed by atoms with Crippen LogP contribution in [0.25, 0.3) is 0 Å². The number of para-hydroxylation sites is 1. The molecule has 0 aliphatic carbocycles. The number of hydrogen-bond acceptors (Lipinski definition) is 3. The molecule has 0 aromatic heterocycles. The third kappa shape index (κ3) is 6.14. The Bertz CT molecular complexity index is 858. The lowest BCUT2D eigenvalue weighted by Crippen LogP contribution is -2.50. The Morgan fingerprint density at radius 1 is 1.17 bits per heavy atom. The molecule has 1 aliphatic heterocycles. The van der Waals surface area contributed by atoms with Crippen LogP contribution in [0.2, 0.25) is 0 Å². The van der Waals surface area contributed by atoms with Gasteiger partial charge in [0, 0.05) is 31.2 Å². The van der Waals surface area contributed by atoms with Crippen molar-refractivity contribution in [3.05, 3.63) is 59.7 Å². The Hall–Kier alpha value is -3.22. The average molecular weight is 410 g/mol. The van der Waals surface area contributed by atoms with Crippen LogP contribution in [0.1, 0.15) is 30.9 Å². The van der Waals surface area contributed by atoms with Gasteiger partial charge in [-0.1, -0.05) is 35.9 Å². The van der Waals surface area contributed by atoms with Gasteiger partial charge in [-0.3, -0.25) is 0 Å². The van der Waals surface area contributed by atoms with E-state index in [2.05, 4.69) is 17.6 Å². The molecule has 1 heterocycles. The van der Waals surface area contributed by atoms with E-state index in [1.807, 2.05) is 55.5 Å². The zero-order chi connectivity index (χ0) is 21.3. The number of rotatable bonds is 6. The number of aryl methyl sites for hydroxylation is 1. The zero-order valence-electron chi connectivity index (χ0n) is 17.7. The fourth-order valence-electron chi connectivity index (χ4n) is 3.39. The zero-order valence-corrected chi connectivity index (χ0v) is 17.7. The summed E-state index contributed by atoms with van der Waals surface area (Å²) in [6.45, 7) is 6.70. The largest absolute Gasteiger partial charge is 0.457 e. The second kappa shape index (κ2) is 10.5. The Morgan fingerprint density at radius 3 is 2.53 bits per heavy atom. The summed E-state index contributed by atoms with van der Waals surface area (Å²) in [4.78, 5) is 17.7. The molecule has 1 aliphatic rings. The third-order valence-corrected chi connectivity index (χ3v) is 5.12. The van der Waals surface area contributed by atoms with Gasteiger partial charge in [-0.05, 0) is 44.9 Å². The number of nitrogens with zero attached hydrogens (tertiary/aromatic N) is 2. The van der Waals surface area contributed by atoms with Crippen molar-refractivity contribution in [2.45, 2.75) is 39.3 Å². The third-order valence-electron chi connectivity index (χ3n) is 5.12. The highest BCUT2D eigenvalue weighted by molar-refractivity contribution is 5.80. The number of amides is 2. The van der Waals surface area contributed by atoms with Crippen LogP contribution in [0.15, 0.2) is 53.5 Å². The number of likely N-dealkylation sites (tertiary alicyclic amines) is 1. The number of benzene rings is 2. The summed E-state index contributed by atoms with van der Waals surface area (Å²) in [5, 5.41) is 6.78. The number of nitrogens with two attached hydrogens (primary N) is 1. The Kier molecular flexibility index (Phi) is 7.54. The van der Waals surface area contributed by atoms with Gasteiger partial charge < -0.3 is 26.0 Å². The van der Waals surface area contributed by atoms with Crippen molar-refractivity contribution in [1.82, 2.24) is 15.5 Å². The molecule has 2 aromatic rings. The van der Waals surface area contributed by atoms with Gasteiger partial charge in [-0.15, -0.1) is 0 Å². The van der Waals surface area contributed by atoms with Crippen molar-refractivity contribution in [2.24, 2.45) is 10.7 Å². The van der Waals surface area contributed by atoms with Gasteiger partial charge in [0.05, 0.1) is 6.54 Å². The second-order valence-electron chi connectivity index (χ2n) is 7.46. The average Bonchev–Trinajstić information content (AvgIpc) is 2.75. The predicted octanol–water partition coefficient (Wildman–Crippen LogP) is 3.39. The lowest BCUT2D eigenvalue weighted by atomic mass is 10.1. The maximum absolute atomic E-state index is 11.3. The Morgan fingerprint density at radius 2 is 1.87 bits per heavy atom. The van der Waals surface area contributed by atoms with Gasteiger partial charge in [0.1, 0.15) is 11.5 Å². The minimum absolute atomic E-state index is 0.262. The van der Waals surface area contributed by atoms with E-state index in [9.17, 15) is 4.79 Å². The number of guanidine groups is 1. The molecule has 0 spiro atoms. The van der Waals surface area contributed by atoms with Crippen LogP contribution < -0.4 is 21.1 Å². The van der Waals surface area contributed by atoms with Gasteiger partial charge in [0.2, 0.25) is 0 Å². The molecule has 0 atom stereocenters. The summed E-state index contributed by atoms with van der Waals surface area (Å²) in [6.07, 6.45) is 1.70. The standard InChI is InChI=1S/C23H31N5O2/c1-3-25-23(27-19-12-14-28(15-13-19)22(24)29)26-16-18-6-4-5-7-21(18)30-20-10-8-17(2)9-11-20/h4-11,19H,3,12-16H2,1-2H3,(H2,24,29)(H2,25,26,27). The van der Waals surface area contributed by atoms with Gasteiger partial charge in [-0.2, -0.15) is 0 Å². The molecule has 7 heteroatoms. The molecule has 0 radical (unpaired) electrons. The van der Waals surface area contributed by atoms with Crippen LogP contribution in [-0.4, -0.2) is 42.6 Å². The number of carbonyl (C=O) groups excluding carboxylic acids is 1. The van der Waals surface area contributed by atoms with E-state index in [1.54, 1.807) is 4.90 Å². The normalized spacial score (nSPS) is 15.0. The minimum atomic E-state index is -0.348. The molecule has 3 rings (SSSR count). The molecule has 1 fully saturated rings. The molecule has 2 amide bonds. The number of carbonyl (C=O) groups is 1. The van der Waals surface area contributed by atoms with E-state index in [1.165, 1.54) is 5.56 Å². The number of piperidine rings is 1. The summed E-state index contributed by atoms with van der Waals surface area (Å²) in [5.74, 6) is 2.37. The van der Waals surface area contributed by atoms with Gasteiger partial charge >= 0.3 is 6.03 Å². The molecule has 30 heavy (non-hydrogen) atoms. The van der Waals surface area contributed by atoms with Gasteiger partial charge in [0.25, 0.3) is 0 Å². The molecule has 160 valence electrons. The number of ether oxygens (including phenoxy) is 1. The lowest BCUT2D eigenvalue weighted by molar-refractivity contribution is 0.188. The van der Waals surface area contributed by atoms with Crippen LogP contribution in [0.4, 0.5) is 4.79 Å². The highest BCUT2D eigenvalue weighted by Gasteiger charge is 2.21. The van der Waals surface area contributed by atoms with Crippen LogP contribution in [-0.2, 0) is 6.54 Å². The van der Waals surface area contributed by atoms with E-state index in [4.69, 9.17) is 15.5 Å². The van der Waals surface area contributed by atoms with Crippen LogP contribution in [0.3, 0.4) is 0 Å². The number of urea groups is 1. The van der Waals surface area contributed by atoms with Crippen molar-refractivity contribution in [3.8, 4) is 11.5 Å². The highest BCUT2D eigenvalue weighted by atomic mass is 16.5. The van der Waals surface area contributed by atoms with Crippen molar-refractivity contribution in [2.75, 3.05) is 19.6 Å². The lowest BCUT2D eigenvalue weighted by Gasteiger charge is -2.32. The topological polar surface area (TPSA) is 92.0 Å². The van der Waals surface area contributed by atoms with Gasteiger partial charge in [0.15, 0.2) is 5.96 Å². The fraction of sp³-hybridized carbons (Fsp3) is 0.391. The van der Waals surface area contributed by atoms with Crippen molar-refractivity contribution >= 4 is 12.0 Å². The summed E-state index contributed by atoms with van der Waals surface area (Å²) in [5.41, 5.74) is 7.58. The maximum Gasteiger partial charge on any atom is 0.314 e. The van der Waals surface area contributed by atoms with Crippen LogP contribution in [0.5, 0.6) is 11.5 Å². The van der Waals surface area contributed by atoms with E-state index in [0.29, 0.717) is 19.6 Å². The number of aliphatic imine (C=N–C) groups is 1. The first kappa shape index (κ1) is 21.5. The quantitative estimate of drug-likeness (QED) is 0.504. The molecule has 0 unspecified atom stereocenters. The van der Waals surface area contributed by atoms with Crippen LogP contribution in [0, 0.1) is 6.92 Å². The first-order valence-corrected chi connectivity index (χ1v) is 10.5. The minimum Gasteiger partial charge on any atom is -0.457 e. The summed E-state index contributed by atoms with van der Waals surface area (Å²) < 4.78 is 6.08. The molecule has 2 aromatic carbocycles. The van der Waals surface area contributed by atoms with Crippen molar-refractivity contribution < 1.29 is 9.53 Å². The van der Waals surface area contributed by atoms with E-state index in [-0.39, 0.29) is 12.1 Å². The molecule has 7 nitrogen and oxygen atoms in total. The number of primary amides is 1. The molecule has 4 N–H and O–H groups in total. The molecule has 1 saturated heterocycles. The number of hydrogen-bond donors (Lipinski definition) is 3. The Labute approximate surface area is 178 Å². The maximum atomic E-state index is 11.3. The summed E-state index contributed by atoms with van der Waals surface area (Å²) in [7, 11) is 0. The van der Waals surface area contributed by atoms with Crippen molar-refractivity contribution in [3.63, 3.8) is 0 Å². The van der Waals surface area contributed by atoms with E-state index >= 15 is 0 Å². The van der Waals surface area contributed by atoms with Crippen molar-refractivity contribution in [1.29, 1.82) is 0 Å². The Balaban J connectivity index is 1.64. The van der Waals surface area contributed by atoms with Crippen LogP contribution >= 0.6 is 0 Å². The summed E-state index contributed by atoms with van der Waals surface area (Å²) in [6, 6.07) is 15.9. The smallest absolute Gasteiger partial charge is 0.314 e. The SMILES string of the molecule is CCNC(=NCc1ccccc1Oc1ccc(C)cc1)NC1CCN(C(N)=O)CC1. The number of nitrogens with one attached hydrogen (secondary N) is 2. The predicted molar refractivity (Wildman–Crippen MR) is 120 cm³/mol.